The Labute approximate surface area is 170 Å². The number of nitrogens with zero attached hydrogens (tertiary/aromatic N) is 6. The largest absolute Gasteiger partial charge is 0.366 e. The fourth-order valence-electron chi connectivity index (χ4n) is 4.09. The van der Waals surface area contributed by atoms with Crippen LogP contribution in [0.5, 0.6) is 0 Å². The lowest BCUT2D eigenvalue weighted by Gasteiger charge is -2.14. The van der Waals surface area contributed by atoms with Gasteiger partial charge in [-0.2, -0.15) is 5.10 Å². The molecular formula is C22H25N7. The van der Waals surface area contributed by atoms with Crippen LogP contribution >= 0.6 is 0 Å². The van der Waals surface area contributed by atoms with Gasteiger partial charge in [0.05, 0.1) is 23.8 Å². The van der Waals surface area contributed by atoms with Gasteiger partial charge in [-0.05, 0) is 50.7 Å². The molecule has 4 aromatic rings. The summed E-state index contributed by atoms with van der Waals surface area (Å²) in [6.07, 6.45) is 9.11. The smallest absolute Gasteiger partial charge is 0.137 e. The summed E-state index contributed by atoms with van der Waals surface area (Å²) in [5.41, 5.74) is 6.24. The van der Waals surface area contributed by atoms with Crippen molar-refractivity contribution in [3.8, 4) is 22.5 Å². The zero-order valence-electron chi connectivity index (χ0n) is 17.0. The van der Waals surface area contributed by atoms with Crippen LogP contribution in [-0.2, 0) is 7.05 Å². The maximum absolute atomic E-state index is 4.88. The molecular weight excluding hydrogens is 362 g/mol. The molecule has 1 N–H and O–H groups in total. The van der Waals surface area contributed by atoms with Crippen LogP contribution in [0, 0.1) is 6.92 Å². The van der Waals surface area contributed by atoms with Gasteiger partial charge in [0, 0.05) is 43.2 Å². The van der Waals surface area contributed by atoms with Gasteiger partial charge in [-0.1, -0.05) is 6.07 Å². The highest BCUT2D eigenvalue weighted by atomic mass is 15.2. The predicted molar refractivity (Wildman–Crippen MR) is 115 cm³/mol. The molecule has 7 heteroatoms. The molecule has 0 radical (unpaired) electrons. The maximum Gasteiger partial charge on any atom is 0.137 e. The first-order chi connectivity index (χ1) is 14.1. The lowest BCUT2D eigenvalue weighted by Crippen LogP contribution is -2.23. The van der Waals surface area contributed by atoms with Crippen LogP contribution in [0.25, 0.3) is 28.2 Å². The minimum atomic E-state index is 0.449. The second-order valence-electron chi connectivity index (χ2n) is 7.94. The third-order valence-electron chi connectivity index (χ3n) is 5.62. The number of likely N-dealkylation sites (N-methyl/N-ethyl adjacent to an activating group) is 1. The highest BCUT2D eigenvalue weighted by Gasteiger charge is 2.19. The number of imidazole rings is 1. The Hall–Kier alpha value is -3.19. The lowest BCUT2D eigenvalue weighted by atomic mass is 10.1. The standard InChI is InChI=1S/C22H25N7/c1-15-9-22-23-11-20(29(22)14-18(15)16-10-24-28(3)12-16)19-5-4-6-21(26-19)25-17-7-8-27(2)13-17/h4-6,9-12,14,17H,7-8,13H2,1-3H3,(H,25,26)/t17-/m0/s1. The fourth-order valence-corrected chi connectivity index (χ4v) is 4.09. The van der Waals surface area contributed by atoms with Crippen molar-refractivity contribution in [3.05, 3.63) is 54.6 Å². The number of likely N-dealkylation sites (tertiary alicyclic amines) is 1. The molecule has 4 aromatic heterocycles. The summed E-state index contributed by atoms with van der Waals surface area (Å²) in [6.45, 7) is 4.29. The number of aromatic nitrogens is 5. The second-order valence-corrected chi connectivity index (χ2v) is 7.94. The summed E-state index contributed by atoms with van der Waals surface area (Å²) in [5.74, 6) is 0.914. The first-order valence-electron chi connectivity index (χ1n) is 9.96. The molecule has 0 amide bonds. The Kier molecular flexibility index (Phi) is 4.32. The number of nitrogens with one attached hydrogen (secondary N) is 1. The normalized spacial score (nSPS) is 17.3. The third-order valence-corrected chi connectivity index (χ3v) is 5.62. The minimum Gasteiger partial charge on any atom is -0.366 e. The van der Waals surface area contributed by atoms with E-state index < -0.39 is 0 Å². The summed E-state index contributed by atoms with van der Waals surface area (Å²) in [6, 6.07) is 8.70. The lowest BCUT2D eigenvalue weighted by molar-refractivity contribution is 0.414. The Morgan fingerprint density at radius 2 is 2.03 bits per heavy atom. The number of hydrogen-bond donors (Lipinski definition) is 1. The van der Waals surface area contributed by atoms with E-state index in [0.29, 0.717) is 6.04 Å². The van der Waals surface area contributed by atoms with E-state index in [1.165, 1.54) is 5.56 Å². The van der Waals surface area contributed by atoms with Crippen LogP contribution in [0.1, 0.15) is 12.0 Å². The van der Waals surface area contributed by atoms with Crippen LogP contribution in [0.2, 0.25) is 0 Å². The van der Waals surface area contributed by atoms with Gasteiger partial charge in [0.25, 0.3) is 0 Å². The summed E-state index contributed by atoms with van der Waals surface area (Å²) >= 11 is 0. The van der Waals surface area contributed by atoms with Crippen molar-refractivity contribution in [2.45, 2.75) is 19.4 Å². The van der Waals surface area contributed by atoms with Crippen LogP contribution in [0.3, 0.4) is 0 Å². The van der Waals surface area contributed by atoms with Gasteiger partial charge in [-0.25, -0.2) is 9.97 Å². The molecule has 0 aliphatic carbocycles. The van der Waals surface area contributed by atoms with Gasteiger partial charge in [0.15, 0.2) is 0 Å². The Morgan fingerprint density at radius 3 is 2.79 bits per heavy atom. The molecule has 1 atom stereocenters. The Morgan fingerprint density at radius 1 is 1.14 bits per heavy atom. The van der Waals surface area contributed by atoms with Crippen molar-refractivity contribution < 1.29 is 0 Å². The van der Waals surface area contributed by atoms with E-state index in [1.54, 1.807) is 0 Å². The monoisotopic (exact) mass is 387 g/mol. The van der Waals surface area contributed by atoms with Gasteiger partial charge >= 0.3 is 0 Å². The van der Waals surface area contributed by atoms with Crippen molar-refractivity contribution in [1.82, 2.24) is 29.0 Å². The fraction of sp³-hybridized carbons (Fsp3) is 0.318. The second kappa shape index (κ2) is 7.00. The first kappa shape index (κ1) is 17.9. The number of anilines is 1. The zero-order chi connectivity index (χ0) is 20.0. The Balaban J connectivity index is 1.52. The average Bonchev–Trinajstić information content (AvgIpc) is 3.41. The highest BCUT2D eigenvalue weighted by Crippen LogP contribution is 2.28. The molecule has 0 saturated carbocycles. The molecule has 5 rings (SSSR count). The third kappa shape index (κ3) is 3.38. The molecule has 7 nitrogen and oxygen atoms in total. The van der Waals surface area contributed by atoms with E-state index in [2.05, 4.69) is 57.0 Å². The molecule has 0 aromatic carbocycles. The minimum absolute atomic E-state index is 0.449. The van der Waals surface area contributed by atoms with Gasteiger partial charge in [0.1, 0.15) is 11.5 Å². The molecule has 1 aliphatic heterocycles. The van der Waals surface area contributed by atoms with Gasteiger partial charge in [-0.15, -0.1) is 0 Å². The summed E-state index contributed by atoms with van der Waals surface area (Å²) in [7, 11) is 4.09. The van der Waals surface area contributed by atoms with E-state index in [-0.39, 0.29) is 0 Å². The molecule has 1 saturated heterocycles. The number of rotatable bonds is 4. The first-order valence-corrected chi connectivity index (χ1v) is 9.96. The van der Waals surface area contributed by atoms with Crippen molar-refractivity contribution in [1.29, 1.82) is 0 Å². The van der Waals surface area contributed by atoms with Gasteiger partial charge in [0.2, 0.25) is 0 Å². The van der Waals surface area contributed by atoms with E-state index in [4.69, 9.17) is 4.98 Å². The van der Waals surface area contributed by atoms with Crippen molar-refractivity contribution in [2.75, 3.05) is 25.5 Å². The zero-order valence-corrected chi connectivity index (χ0v) is 17.0. The molecule has 1 fully saturated rings. The average molecular weight is 387 g/mol. The number of hydrogen-bond acceptors (Lipinski definition) is 5. The molecule has 1 aliphatic rings. The maximum atomic E-state index is 4.88. The van der Waals surface area contributed by atoms with Gasteiger partial charge < -0.3 is 10.2 Å². The van der Waals surface area contributed by atoms with Crippen molar-refractivity contribution in [3.63, 3.8) is 0 Å². The van der Waals surface area contributed by atoms with Gasteiger partial charge in [-0.3, -0.25) is 9.08 Å². The van der Waals surface area contributed by atoms with Crippen LogP contribution in [-0.4, -0.2) is 55.2 Å². The van der Waals surface area contributed by atoms with E-state index >= 15 is 0 Å². The summed E-state index contributed by atoms with van der Waals surface area (Å²) < 4.78 is 3.94. The van der Waals surface area contributed by atoms with Crippen LogP contribution in [0.15, 0.2) is 49.1 Å². The van der Waals surface area contributed by atoms with E-state index in [1.807, 2.05) is 42.5 Å². The number of aryl methyl sites for hydroxylation is 2. The molecule has 148 valence electrons. The predicted octanol–water partition coefficient (Wildman–Crippen LogP) is 3.22. The molecule has 0 bridgehead atoms. The summed E-state index contributed by atoms with van der Waals surface area (Å²) in [4.78, 5) is 11.8. The molecule has 29 heavy (non-hydrogen) atoms. The van der Waals surface area contributed by atoms with E-state index in [9.17, 15) is 0 Å². The quantitative estimate of drug-likeness (QED) is 0.583. The van der Waals surface area contributed by atoms with Crippen LogP contribution in [0.4, 0.5) is 5.82 Å². The highest BCUT2D eigenvalue weighted by molar-refractivity contribution is 5.70. The number of fused-ring (bicyclic) bond motifs is 1. The molecule has 0 unspecified atom stereocenters. The Bertz CT molecular complexity index is 1170. The topological polar surface area (TPSA) is 63.3 Å². The van der Waals surface area contributed by atoms with Crippen molar-refractivity contribution in [2.24, 2.45) is 7.05 Å². The van der Waals surface area contributed by atoms with Crippen molar-refractivity contribution >= 4 is 11.5 Å². The number of pyridine rings is 2. The summed E-state index contributed by atoms with van der Waals surface area (Å²) in [5, 5.41) is 7.89. The molecule has 5 heterocycles. The molecule has 0 spiro atoms. The van der Waals surface area contributed by atoms with E-state index in [0.717, 1.165) is 53.5 Å². The van der Waals surface area contributed by atoms with Crippen LogP contribution < -0.4 is 5.32 Å². The SMILES string of the molecule is Cc1cc2ncc(-c3cccc(N[C@H]4CCN(C)C4)n3)n2cc1-c1cnn(C)c1.